The third-order valence-electron chi connectivity index (χ3n) is 5.18. The maximum atomic E-state index is 10.6. The van der Waals surface area contributed by atoms with Crippen LogP contribution in [0.15, 0.2) is 23.8 Å². The van der Waals surface area contributed by atoms with Crippen molar-refractivity contribution in [1.29, 1.82) is 0 Å². The van der Waals surface area contributed by atoms with E-state index >= 15 is 0 Å². The van der Waals surface area contributed by atoms with Crippen LogP contribution >= 0.6 is 0 Å². The average molecular weight is 340 g/mol. The number of fused-ring (bicyclic) bond motifs is 1. The first kappa shape index (κ1) is 19.1. The van der Waals surface area contributed by atoms with Gasteiger partial charge in [-0.15, -0.1) is 0 Å². The molecule has 2 rings (SSSR count). The summed E-state index contributed by atoms with van der Waals surface area (Å²) in [5.74, 6) is -0.743. The molecule has 0 amide bonds. The standard InChI is InChI=1S/C18H28O6/c1-10-2-3-11-6-13(20)8-16(22)18(11)15(10)5-4-12(19)7-14(21)9-17(23)24/h2-3,6,10,12-16,18-22H,4-5,7-9H2,1H3,(H,23,24)/t10-,12+,13+,14+,15-,16-,18-/m1/s1. The first-order valence-corrected chi connectivity index (χ1v) is 8.62. The SMILES string of the molecule is C[C@@H]1C=CC2=C[C@H](O)C[C@@H](O)[C@H]2[C@@H]1CC[C@H](O)C[C@H](O)CC(=O)O. The highest BCUT2D eigenvalue weighted by atomic mass is 16.4. The second-order valence-electron chi connectivity index (χ2n) is 7.16. The highest BCUT2D eigenvalue weighted by molar-refractivity contribution is 5.67. The van der Waals surface area contributed by atoms with E-state index < -0.39 is 30.4 Å². The minimum Gasteiger partial charge on any atom is -0.481 e. The molecule has 2 aliphatic carbocycles. The van der Waals surface area contributed by atoms with Crippen molar-refractivity contribution in [2.24, 2.45) is 17.8 Å². The molecule has 136 valence electrons. The van der Waals surface area contributed by atoms with Gasteiger partial charge in [0.15, 0.2) is 0 Å². The van der Waals surface area contributed by atoms with Gasteiger partial charge in [0.05, 0.1) is 30.8 Å². The zero-order valence-corrected chi connectivity index (χ0v) is 14.0. The minimum atomic E-state index is -1.08. The molecule has 6 nitrogen and oxygen atoms in total. The van der Waals surface area contributed by atoms with E-state index in [4.69, 9.17) is 5.11 Å². The Morgan fingerprint density at radius 2 is 2.00 bits per heavy atom. The Hall–Kier alpha value is -1.21. The molecule has 5 N–H and O–H groups in total. The van der Waals surface area contributed by atoms with Gasteiger partial charge in [-0.1, -0.05) is 25.2 Å². The zero-order chi connectivity index (χ0) is 17.9. The van der Waals surface area contributed by atoms with Gasteiger partial charge < -0.3 is 25.5 Å². The predicted molar refractivity (Wildman–Crippen MR) is 88.1 cm³/mol. The number of aliphatic hydroxyl groups is 4. The van der Waals surface area contributed by atoms with Crippen LogP contribution in [0.25, 0.3) is 0 Å². The normalized spacial score (nSPS) is 35.0. The molecule has 6 heteroatoms. The van der Waals surface area contributed by atoms with Crippen LogP contribution in [0.2, 0.25) is 0 Å². The lowest BCUT2D eigenvalue weighted by Gasteiger charge is -2.41. The fourth-order valence-electron chi connectivity index (χ4n) is 3.99. The molecule has 0 heterocycles. The molecule has 0 aromatic carbocycles. The lowest BCUT2D eigenvalue weighted by atomic mass is 9.66. The van der Waals surface area contributed by atoms with Crippen molar-refractivity contribution in [3.8, 4) is 0 Å². The van der Waals surface area contributed by atoms with E-state index in [-0.39, 0.29) is 30.6 Å². The van der Waals surface area contributed by atoms with Gasteiger partial charge in [-0.05, 0) is 36.7 Å². The summed E-state index contributed by atoms with van der Waals surface area (Å²) >= 11 is 0. The number of hydrogen-bond donors (Lipinski definition) is 5. The van der Waals surface area contributed by atoms with Crippen LogP contribution in [0, 0.1) is 17.8 Å². The Morgan fingerprint density at radius 3 is 2.67 bits per heavy atom. The lowest BCUT2D eigenvalue weighted by molar-refractivity contribution is -0.139. The zero-order valence-electron chi connectivity index (χ0n) is 14.0. The van der Waals surface area contributed by atoms with Crippen LogP contribution in [0.5, 0.6) is 0 Å². The predicted octanol–water partition coefficient (Wildman–Crippen LogP) is 0.843. The van der Waals surface area contributed by atoms with Gasteiger partial charge in [0.1, 0.15) is 0 Å². The van der Waals surface area contributed by atoms with Crippen LogP contribution in [0.4, 0.5) is 0 Å². The highest BCUT2D eigenvalue weighted by Crippen LogP contribution is 2.42. The van der Waals surface area contributed by atoms with Crippen molar-refractivity contribution >= 4 is 5.97 Å². The number of rotatable bonds is 7. The Kier molecular flexibility index (Phi) is 6.57. The maximum absolute atomic E-state index is 10.6. The van der Waals surface area contributed by atoms with Gasteiger partial charge in [-0.25, -0.2) is 0 Å². The van der Waals surface area contributed by atoms with E-state index in [1.807, 2.05) is 6.08 Å². The van der Waals surface area contributed by atoms with Gasteiger partial charge in [-0.2, -0.15) is 0 Å². The molecule has 0 unspecified atom stereocenters. The second-order valence-corrected chi connectivity index (χ2v) is 7.16. The van der Waals surface area contributed by atoms with E-state index in [0.29, 0.717) is 19.3 Å². The van der Waals surface area contributed by atoms with Gasteiger partial charge in [-0.3, -0.25) is 4.79 Å². The average Bonchev–Trinajstić information content (AvgIpc) is 2.45. The fourth-order valence-corrected chi connectivity index (χ4v) is 3.99. The molecule has 0 saturated heterocycles. The van der Waals surface area contributed by atoms with Crippen molar-refractivity contribution in [2.45, 2.75) is 63.4 Å². The summed E-state index contributed by atoms with van der Waals surface area (Å²) in [6, 6.07) is 0. The summed E-state index contributed by atoms with van der Waals surface area (Å²) in [6.45, 7) is 2.07. The van der Waals surface area contributed by atoms with E-state index in [2.05, 4.69) is 13.0 Å². The van der Waals surface area contributed by atoms with Crippen LogP contribution in [0.1, 0.15) is 39.0 Å². The van der Waals surface area contributed by atoms with Crippen LogP contribution in [-0.2, 0) is 4.79 Å². The number of aliphatic carboxylic acids is 1. The Morgan fingerprint density at radius 1 is 1.29 bits per heavy atom. The summed E-state index contributed by atoms with van der Waals surface area (Å²) in [4.78, 5) is 10.6. The van der Waals surface area contributed by atoms with E-state index in [1.54, 1.807) is 6.08 Å². The summed E-state index contributed by atoms with van der Waals surface area (Å²) in [5, 5.41) is 48.5. The largest absolute Gasteiger partial charge is 0.481 e. The smallest absolute Gasteiger partial charge is 0.305 e. The summed E-state index contributed by atoms with van der Waals surface area (Å²) in [7, 11) is 0. The molecule has 0 radical (unpaired) electrons. The first-order chi connectivity index (χ1) is 11.3. The second kappa shape index (κ2) is 8.25. The maximum Gasteiger partial charge on any atom is 0.305 e. The molecule has 0 aromatic heterocycles. The molecule has 0 spiro atoms. The number of carbonyl (C=O) groups is 1. The lowest BCUT2D eigenvalue weighted by Crippen LogP contribution is -2.40. The van der Waals surface area contributed by atoms with Crippen molar-refractivity contribution in [3.63, 3.8) is 0 Å². The van der Waals surface area contributed by atoms with Gasteiger partial charge >= 0.3 is 5.97 Å². The Bertz CT molecular complexity index is 500. The minimum absolute atomic E-state index is 0.0396. The summed E-state index contributed by atoms with van der Waals surface area (Å²) in [5.41, 5.74) is 0.949. The van der Waals surface area contributed by atoms with Crippen molar-refractivity contribution < 1.29 is 30.3 Å². The highest BCUT2D eigenvalue weighted by Gasteiger charge is 2.39. The first-order valence-electron chi connectivity index (χ1n) is 8.62. The van der Waals surface area contributed by atoms with Crippen molar-refractivity contribution in [2.75, 3.05) is 0 Å². The summed E-state index contributed by atoms with van der Waals surface area (Å²) < 4.78 is 0. The fraction of sp³-hybridized carbons (Fsp3) is 0.722. The molecule has 0 aliphatic heterocycles. The monoisotopic (exact) mass is 340 g/mol. The molecule has 7 atom stereocenters. The molecule has 0 bridgehead atoms. The quantitative estimate of drug-likeness (QED) is 0.469. The summed E-state index contributed by atoms with van der Waals surface area (Å²) in [6.07, 6.45) is 3.87. The van der Waals surface area contributed by atoms with E-state index in [1.165, 1.54) is 0 Å². The number of aliphatic hydroxyl groups excluding tert-OH is 4. The van der Waals surface area contributed by atoms with Crippen molar-refractivity contribution in [1.82, 2.24) is 0 Å². The van der Waals surface area contributed by atoms with E-state index in [0.717, 1.165) is 5.57 Å². The topological polar surface area (TPSA) is 118 Å². The Labute approximate surface area is 142 Å². The number of carboxylic acid groups (broad SMARTS) is 1. The van der Waals surface area contributed by atoms with Gasteiger partial charge in [0, 0.05) is 12.3 Å². The molecule has 0 aromatic rings. The van der Waals surface area contributed by atoms with Crippen LogP contribution in [-0.4, -0.2) is 55.9 Å². The van der Waals surface area contributed by atoms with Gasteiger partial charge in [0.2, 0.25) is 0 Å². The van der Waals surface area contributed by atoms with Gasteiger partial charge in [0.25, 0.3) is 0 Å². The van der Waals surface area contributed by atoms with Crippen LogP contribution in [0.3, 0.4) is 0 Å². The molecule has 24 heavy (non-hydrogen) atoms. The Balaban J connectivity index is 1.94. The molecular weight excluding hydrogens is 312 g/mol. The number of hydrogen-bond acceptors (Lipinski definition) is 5. The third kappa shape index (κ3) is 4.89. The van der Waals surface area contributed by atoms with Crippen LogP contribution < -0.4 is 0 Å². The number of allylic oxidation sites excluding steroid dienone is 2. The molecule has 2 aliphatic rings. The third-order valence-corrected chi connectivity index (χ3v) is 5.18. The molecule has 0 fully saturated rings. The van der Waals surface area contributed by atoms with E-state index in [9.17, 15) is 25.2 Å². The molecular formula is C18H28O6. The number of carboxylic acids is 1. The molecule has 0 saturated carbocycles. The van der Waals surface area contributed by atoms with Crippen molar-refractivity contribution in [3.05, 3.63) is 23.8 Å².